The molecule has 0 aromatic rings. The lowest BCUT2D eigenvalue weighted by Crippen LogP contribution is -2.52. The SMILES string of the molecule is CCCC(=O)N1CCCCC1C(=O)NCCC(O)CC. The summed E-state index contributed by atoms with van der Waals surface area (Å²) in [5, 5.41) is 12.3. The largest absolute Gasteiger partial charge is 0.393 e. The van der Waals surface area contributed by atoms with E-state index in [2.05, 4.69) is 5.32 Å². The van der Waals surface area contributed by atoms with E-state index in [1.165, 1.54) is 0 Å². The normalized spacial score (nSPS) is 20.6. The third-order valence-corrected chi connectivity index (χ3v) is 3.84. The summed E-state index contributed by atoms with van der Waals surface area (Å²) in [6, 6.07) is -0.318. The van der Waals surface area contributed by atoms with Crippen molar-refractivity contribution < 1.29 is 14.7 Å². The molecule has 2 N–H and O–H groups in total. The number of aliphatic hydroxyl groups excluding tert-OH is 1. The number of nitrogens with zero attached hydrogens (tertiary/aromatic N) is 1. The van der Waals surface area contributed by atoms with Crippen molar-refractivity contribution in [3.63, 3.8) is 0 Å². The van der Waals surface area contributed by atoms with Crippen LogP contribution in [0.25, 0.3) is 0 Å². The van der Waals surface area contributed by atoms with E-state index < -0.39 is 0 Å². The first-order chi connectivity index (χ1) is 9.60. The Bertz CT molecular complexity index is 320. The summed E-state index contributed by atoms with van der Waals surface area (Å²) in [6.07, 6.45) is 4.94. The van der Waals surface area contributed by atoms with Crippen molar-refractivity contribution in [3.05, 3.63) is 0 Å². The van der Waals surface area contributed by atoms with Gasteiger partial charge >= 0.3 is 0 Å². The first-order valence-corrected chi connectivity index (χ1v) is 7.85. The van der Waals surface area contributed by atoms with Crippen LogP contribution >= 0.6 is 0 Å². The molecule has 2 unspecified atom stereocenters. The molecule has 0 aromatic carbocycles. The number of nitrogens with one attached hydrogen (secondary N) is 1. The van der Waals surface area contributed by atoms with Gasteiger partial charge in [0.1, 0.15) is 6.04 Å². The molecule has 1 aliphatic rings. The van der Waals surface area contributed by atoms with E-state index in [4.69, 9.17) is 0 Å². The highest BCUT2D eigenvalue weighted by Crippen LogP contribution is 2.18. The van der Waals surface area contributed by atoms with Crippen LogP contribution in [-0.4, -0.2) is 47.1 Å². The van der Waals surface area contributed by atoms with Crippen LogP contribution in [-0.2, 0) is 9.59 Å². The topological polar surface area (TPSA) is 69.6 Å². The van der Waals surface area contributed by atoms with Gasteiger partial charge in [0.15, 0.2) is 0 Å². The summed E-state index contributed by atoms with van der Waals surface area (Å²) < 4.78 is 0. The number of rotatable bonds is 7. The van der Waals surface area contributed by atoms with E-state index in [1.807, 2.05) is 13.8 Å². The molecule has 0 spiro atoms. The minimum absolute atomic E-state index is 0.0718. The fraction of sp³-hybridized carbons (Fsp3) is 0.867. The molecule has 20 heavy (non-hydrogen) atoms. The predicted octanol–water partition coefficient (Wildman–Crippen LogP) is 1.44. The number of carbonyl (C=O) groups excluding carboxylic acids is 2. The fourth-order valence-corrected chi connectivity index (χ4v) is 2.54. The number of piperidine rings is 1. The Morgan fingerprint density at radius 3 is 2.75 bits per heavy atom. The molecular formula is C15H28N2O3. The summed E-state index contributed by atoms with van der Waals surface area (Å²) in [4.78, 5) is 26.0. The number of hydrogen-bond donors (Lipinski definition) is 2. The average Bonchev–Trinajstić information content (AvgIpc) is 2.47. The highest BCUT2D eigenvalue weighted by Gasteiger charge is 2.31. The number of hydrogen-bond acceptors (Lipinski definition) is 3. The van der Waals surface area contributed by atoms with Gasteiger partial charge in [0.2, 0.25) is 11.8 Å². The Kier molecular flexibility index (Phi) is 7.59. The predicted molar refractivity (Wildman–Crippen MR) is 78.2 cm³/mol. The zero-order valence-corrected chi connectivity index (χ0v) is 12.7. The minimum atomic E-state index is -0.362. The summed E-state index contributed by atoms with van der Waals surface area (Å²) >= 11 is 0. The van der Waals surface area contributed by atoms with Gasteiger partial charge in [-0.3, -0.25) is 9.59 Å². The molecule has 0 saturated carbocycles. The molecule has 0 aliphatic carbocycles. The molecule has 116 valence electrons. The molecule has 1 rings (SSSR count). The lowest BCUT2D eigenvalue weighted by atomic mass is 10.0. The van der Waals surface area contributed by atoms with Gasteiger partial charge in [-0.05, 0) is 38.5 Å². The van der Waals surface area contributed by atoms with Crippen molar-refractivity contribution in [3.8, 4) is 0 Å². The molecule has 2 atom stereocenters. The second-order valence-corrected chi connectivity index (χ2v) is 5.49. The second kappa shape index (κ2) is 8.95. The minimum Gasteiger partial charge on any atom is -0.393 e. The fourth-order valence-electron chi connectivity index (χ4n) is 2.54. The molecule has 0 radical (unpaired) electrons. The number of likely N-dealkylation sites (tertiary alicyclic amines) is 1. The van der Waals surface area contributed by atoms with Crippen molar-refractivity contribution in [1.29, 1.82) is 0 Å². The van der Waals surface area contributed by atoms with Crippen LogP contribution < -0.4 is 5.32 Å². The van der Waals surface area contributed by atoms with Crippen molar-refractivity contribution in [2.75, 3.05) is 13.1 Å². The Labute approximate surface area is 121 Å². The van der Waals surface area contributed by atoms with Crippen LogP contribution in [0.5, 0.6) is 0 Å². The van der Waals surface area contributed by atoms with Gasteiger partial charge in [0.25, 0.3) is 0 Å². The molecule has 1 aliphatic heterocycles. The van der Waals surface area contributed by atoms with E-state index in [1.54, 1.807) is 4.90 Å². The lowest BCUT2D eigenvalue weighted by Gasteiger charge is -2.34. The Morgan fingerprint density at radius 2 is 2.10 bits per heavy atom. The van der Waals surface area contributed by atoms with Crippen LogP contribution in [0.2, 0.25) is 0 Å². The van der Waals surface area contributed by atoms with E-state index >= 15 is 0 Å². The van der Waals surface area contributed by atoms with Crippen LogP contribution in [0, 0.1) is 0 Å². The van der Waals surface area contributed by atoms with Crippen LogP contribution in [0.4, 0.5) is 0 Å². The first kappa shape index (κ1) is 17.0. The molecule has 0 bridgehead atoms. The Morgan fingerprint density at radius 1 is 1.35 bits per heavy atom. The highest BCUT2D eigenvalue weighted by atomic mass is 16.3. The summed E-state index contributed by atoms with van der Waals surface area (Å²) in [6.45, 7) is 5.05. The number of carbonyl (C=O) groups is 2. The molecule has 5 nitrogen and oxygen atoms in total. The van der Waals surface area contributed by atoms with Gasteiger partial charge in [-0.25, -0.2) is 0 Å². The summed E-state index contributed by atoms with van der Waals surface area (Å²) in [5.74, 6) is 0.0124. The quantitative estimate of drug-likeness (QED) is 0.743. The van der Waals surface area contributed by atoms with E-state index in [9.17, 15) is 14.7 Å². The van der Waals surface area contributed by atoms with Gasteiger partial charge in [0.05, 0.1) is 6.10 Å². The highest BCUT2D eigenvalue weighted by molar-refractivity contribution is 5.87. The molecule has 1 heterocycles. The summed E-state index contributed by atoms with van der Waals surface area (Å²) in [5.41, 5.74) is 0. The first-order valence-electron chi connectivity index (χ1n) is 7.85. The Hall–Kier alpha value is -1.10. The average molecular weight is 284 g/mol. The third-order valence-electron chi connectivity index (χ3n) is 3.84. The van der Waals surface area contributed by atoms with Crippen molar-refractivity contribution >= 4 is 11.8 Å². The van der Waals surface area contributed by atoms with E-state index in [0.29, 0.717) is 32.4 Å². The molecule has 1 fully saturated rings. The molecule has 1 saturated heterocycles. The molecular weight excluding hydrogens is 256 g/mol. The van der Waals surface area contributed by atoms with Gasteiger partial charge in [-0.15, -0.1) is 0 Å². The maximum absolute atomic E-state index is 12.2. The van der Waals surface area contributed by atoms with Gasteiger partial charge in [0, 0.05) is 19.5 Å². The Balaban J connectivity index is 2.47. The van der Waals surface area contributed by atoms with E-state index in [-0.39, 0.29) is 24.0 Å². The monoisotopic (exact) mass is 284 g/mol. The molecule has 2 amide bonds. The van der Waals surface area contributed by atoms with Crippen molar-refractivity contribution in [2.45, 2.75) is 70.9 Å². The summed E-state index contributed by atoms with van der Waals surface area (Å²) in [7, 11) is 0. The third kappa shape index (κ3) is 5.12. The van der Waals surface area contributed by atoms with E-state index in [0.717, 1.165) is 25.7 Å². The standard InChI is InChI=1S/C15H28N2O3/c1-3-7-14(19)17-11-6-5-8-13(17)15(20)16-10-9-12(18)4-2/h12-13,18H,3-11H2,1-2H3,(H,16,20). The smallest absolute Gasteiger partial charge is 0.242 e. The maximum Gasteiger partial charge on any atom is 0.242 e. The van der Waals surface area contributed by atoms with Crippen LogP contribution in [0.3, 0.4) is 0 Å². The van der Waals surface area contributed by atoms with Crippen LogP contribution in [0.15, 0.2) is 0 Å². The van der Waals surface area contributed by atoms with Crippen molar-refractivity contribution in [2.24, 2.45) is 0 Å². The van der Waals surface area contributed by atoms with Gasteiger partial charge < -0.3 is 15.3 Å². The maximum atomic E-state index is 12.2. The number of aliphatic hydroxyl groups is 1. The lowest BCUT2D eigenvalue weighted by molar-refractivity contribution is -0.142. The van der Waals surface area contributed by atoms with Gasteiger partial charge in [-0.1, -0.05) is 13.8 Å². The van der Waals surface area contributed by atoms with Crippen LogP contribution in [0.1, 0.15) is 58.8 Å². The second-order valence-electron chi connectivity index (χ2n) is 5.49. The van der Waals surface area contributed by atoms with Gasteiger partial charge in [-0.2, -0.15) is 0 Å². The number of amides is 2. The molecule has 5 heteroatoms. The molecule has 0 aromatic heterocycles. The zero-order valence-electron chi connectivity index (χ0n) is 12.7. The van der Waals surface area contributed by atoms with Crippen molar-refractivity contribution in [1.82, 2.24) is 10.2 Å². The zero-order chi connectivity index (χ0) is 15.0.